The van der Waals surface area contributed by atoms with Crippen molar-refractivity contribution >= 4 is 10.8 Å². The molecule has 0 aromatic rings. The first-order valence-electron chi connectivity index (χ1n) is 4.50. The van der Waals surface area contributed by atoms with Crippen LogP contribution >= 0.6 is 10.8 Å². The first-order valence-corrected chi connectivity index (χ1v) is 6.41. The molecule has 0 bridgehead atoms. The standard InChI is InChI=1S/C6H17NO2S.C2H6/c1-4-6-7(5-2)10(3,8)9;1-2/h8-9H,4-6H2,1-3H3;1-2H3. The van der Waals surface area contributed by atoms with E-state index in [2.05, 4.69) is 0 Å². The molecule has 0 heterocycles. The molecular formula is C8H23NO2S. The van der Waals surface area contributed by atoms with Crippen molar-refractivity contribution in [3.05, 3.63) is 0 Å². The highest BCUT2D eigenvalue weighted by atomic mass is 32.3. The molecule has 4 heteroatoms. The van der Waals surface area contributed by atoms with Crippen molar-refractivity contribution in [1.82, 2.24) is 4.31 Å². The predicted molar refractivity (Wildman–Crippen MR) is 57.7 cm³/mol. The summed E-state index contributed by atoms with van der Waals surface area (Å²) in [4.78, 5) is 0. The predicted octanol–water partition coefficient (Wildman–Crippen LogP) is 3.04. The highest BCUT2D eigenvalue weighted by molar-refractivity contribution is 8.21. The zero-order valence-electron chi connectivity index (χ0n) is 8.87. The summed E-state index contributed by atoms with van der Waals surface area (Å²) in [7, 11) is -2.44. The maximum Gasteiger partial charge on any atom is 0.0418 e. The van der Waals surface area contributed by atoms with Gasteiger partial charge in [0.05, 0.1) is 0 Å². The first-order chi connectivity index (χ1) is 5.52. The summed E-state index contributed by atoms with van der Waals surface area (Å²) >= 11 is 0. The number of rotatable bonds is 4. The highest BCUT2D eigenvalue weighted by Crippen LogP contribution is 2.37. The molecule has 0 saturated heterocycles. The smallest absolute Gasteiger partial charge is 0.0418 e. The second-order valence-electron chi connectivity index (χ2n) is 2.31. The van der Waals surface area contributed by atoms with E-state index < -0.39 is 10.8 Å². The highest BCUT2D eigenvalue weighted by Gasteiger charge is 2.12. The molecular weight excluding hydrogens is 174 g/mol. The van der Waals surface area contributed by atoms with Gasteiger partial charge in [-0.05, 0) is 6.42 Å². The number of hydrogen-bond acceptors (Lipinski definition) is 3. The van der Waals surface area contributed by atoms with Crippen molar-refractivity contribution in [2.24, 2.45) is 0 Å². The Bertz CT molecular complexity index is 93.5. The topological polar surface area (TPSA) is 43.7 Å². The van der Waals surface area contributed by atoms with Gasteiger partial charge in [-0.1, -0.05) is 27.7 Å². The van der Waals surface area contributed by atoms with Gasteiger partial charge in [-0.15, -0.1) is 10.8 Å². The summed E-state index contributed by atoms with van der Waals surface area (Å²) < 4.78 is 20.0. The van der Waals surface area contributed by atoms with Crippen LogP contribution in [-0.2, 0) is 0 Å². The molecule has 12 heavy (non-hydrogen) atoms. The Morgan fingerprint density at radius 2 is 1.58 bits per heavy atom. The fourth-order valence-corrected chi connectivity index (χ4v) is 1.84. The maximum atomic E-state index is 9.17. The third kappa shape index (κ3) is 6.91. The Morgan fingerprint density at radius 1 is 1.17 bits per heavy atom. The van der Waals surface area contributed by atoms with Crippen molar-refractivity contribution in [3.8, 4) is 0 Å². The molecule has 0 unspecified atom stereocenters. The molecule has 0 aromatic carbocycles. The Balaban J connectivity index is 0. The molecule has 0 amide bonds. The fourth-order valence-electron chi connectivity index (χ4n) is 0.825. The van der Waals surface area contributed by atoms with Crippen molar-refractivity contribution < 1.29 is 9.11 Å². The molecule has 0 atom stereocenters. The van der Waals surface area contributed by atoms with Crippen molar-refractivity contribution in [1.29, 1.82) is 0 Å². The van der Waals surface area contributed by atoms with E-state index in [-0.39, 0.29) is 0 Å². The summed E-state index contributed by atoms with van der Waals surface area (Å²) in [6.07, 6.45) is 2.42. The Morgan fingerprint density at radius 3 is 1.67 bits per heavy atom. The summed E-state index contributed by atoms with van der Waals surface area (Å²) in [5, 5.41) is 0. The van der Waals surface area contributed by atoms with Crippen molar-refractivity contribution in [3.63, 3.8) is 0 Å². The van der Waals surface area contributed by atoms with Crippen LogP contribution in [-0.4, -0.2) is 32.8 Å². The minimum Gasteiger partial charge on any atom is -0.286 e. The molecule has 0 saturated carbocycles. The molecule has 0 aliphatic rings. The average Bonchev–Trinajstić information content (AvgIpc) is 2.02. The molecule has 0 aromatic heterocycles. The Hall–Kier alpha value is 0.230. The molecule has 0 radical (unpaired) electrons. The van der Waals surface area contributed by atoms with Crippen LogP contribution in [0.2, 0.25) is 0 Å². The van der Waals surface area contributed by atoms with Crippen molar-refractivity contribution in [2.45, 2.75) is 34.1 Å². The van der Waals surface area contributed by atoms with Crippen LogP contribution in [0.4, 0.5) is 0 Å². The van der Waals surface area contributed by atoms with Gasteiger partial charge in [-0.25, -0.2) is 4.31 Å². The quantitative estimate of drug-likeness (QED) is 0.728. The fraction of sp³-hybridized carbons (Fsp3) is 1.00. The number of hydrogen-bond donors (Lipinski definition) is 2. The Kier molecular flexibility index (Phi) is 9.65. The van der Waals surface area contributed by atoms with Crippen LogP contribution in [0, 0.1) is 0 Å². The van der Waals surface area contributed by atoms with E-state index in [9.17, 15) is 9.11 Å². The lowest BCUT2D eigenvalue weighted by Crippen LogP contribution is -2.27. The van der Waals surface area contributed by atoms with Crippen LogP contribution in [0.5, 0.6) is 0 Å². The van der Waals surface area contributed by atoms with Crippen LogP contribution < -0.4 is 0 Å². The van der Waals surface area contributed by atoms with Gasteiger partial charge in [-0.2, -0.15) is 0 Å². The van der Waals surface area contributed by atoms with Gasteiger partial charge in [0.15, 0.2) is 0 Å². The first kappa shape index (κ1) is 14.7. The minimum absolute atomic E-state index is 0.701. The molecule has 78 valence electrons. The monoisotopic (exact) mass is 197 g/mol. The minimum atomic E-state index is -2.44. The second kappa shape index (κ2) is 7.86. The third-order valence-electron chi connectivity index (χ3n) is 1.31. The van der Waals surface area contributed by atoms with Crippen LogP contribution in [0.25, 0.3) is 0 Å². The van der Waals surface area contributed by atoms with Gasteiger partial charge < -0.3 is 0 Å². The summed E-state index contributed by atoms with van der Waals surface area (Å²) in [6.45, 7) is 9.41. The lowest BCUT2D eigenvalue weighted by Gasteiger charge is -2.38. The SMILES string of the molecule is CC.CCCN(CC)S(C)(O)O. The molecule has 0 aliphatic heterocycles. The van der Waals surface area contributed by atoms with Crippen LogP contribution in [0.3, 0.4) is 0 Å². The molecule has 0 fully saturated rings. The van der Waals surface area contributed by atoms with E-state index in [0.717, 1.165) is 13.0 Å². The van der Waals surface area contributed by atoms with E-state index in [0.29, 0.717) is 6.54 Å². The van der Waals surface area contributed by atoms with Gasteiger partial charge >= 0.3 is 0 Å². The van der Waals surface area contributed by atoms with Gasteiger partial charge in [0.2, 0.25) is 0 Å². The lowest BCUT2D eigenvalue weighted by molar-refractivity contribution is 0.362. The lowest BCUT2D eigenvalue weighted by atomic mass is 10.5. The molecule has 0 rings (SSSR count). The van der Waals surface area contributed by atoms with Crippen LogP contribution in [0.1, 0.15) is 34.1 Å². The zero-order chi connectivity index (χ0) is 10.2. The summed E-state index contributed by atoms with van der Waals surface area (Å²) in [6, 6.07) is 0. The van der Waals surface area contributed by atoms with E-state index in [1.807, 2.05) is 27.7 Å². The summed E-state index contributed by atoms with van der Waals surface area (Å²) in [5.74, 6) is 0. The third-order valence-corrected chi connectivity index (χ3v) is 2.73. The normalized spacial score (nSPS) is 12.3. The zero-order valence-corrected chi connectivity index (χ0v) is 9.69. The van der Waals surface area contributed by atoms with Crippen LogP contribution in [0.15, 0.2) is 0 Å². The van der Waals surface area contributed by atoms with E-state index in [4.69, 9.17) is 0 Å². The largest absolute Gasteiger partial charge is 0.286 e. The van der Waals surface area contributed by atoms with E-state index in [1.54, 1.807) is 4.31 Å². The van der Waals surface area contributed by atoms with E-state index in [1.165, 1.54) is 6.26 Å². The van der Waals surface area contributed by atoms with E-state index >= 15 is 0 Å². The maximum absolute atomic E-state index is 9.17. The average molecular weight is 197 g/mol. The summed E-state index contributed by atoms with van der Waals surface area (Å²) in [5.41, 5.74) is 0. The molecule has 3 nitrogen and oxygen atoms in total. The van der Waals surface area contributed by atoms with Gasteiger partial charge in [0.1, 0.15) is 0 Å². The Labute approximate surface area is 78.3 Å². The van der Waals surface area contributed by atoms with Gasteiger partial charge in [0.25, 0.3) is 0 Å². The molecule has 2 N–H and O–H groups in total. The second-order valence-corrected chi connectivity index (χ2v) is 4.42. The molecule has 0 aliphatic carbocycles. The number of nitrogens with zero attached hydrogens (tertiary/aromatic N) is 1. The van der Waals surface area contributed by atoms with Gasteiger partial charge in [0, 0.05) is 19.3 Å². The van der Waals surface area contributed by atoms with Gasteiger partial charge in [-0.3, -0.25) is 9.11 Å². The molecule has 0 spiro atoms. The van der Waals surface area contributed by atoms with Crippen molar-refractivity contribution in [2.75, 3.05) is 19.3 Å².